The highest BCUT2D eigenvalue weighted by atomic mass is 35.5. The number of alkyl halides is 3. The molecule has 3 rings (SSSR count). The van der Waals surface area contributed by atoms with Crippen LogP contribution in [-0.2, 0) is 4.79 Å². The number of benzene rings is 1. The van der Waals surface area contributed by atoms with Crippen LogP contribution in [0.1, 0.15) is 0 Å². The van der Waals surface area contributed by atoms with Gasteiger partial charge in [0.15, 0.2) is 5.58 Å². The van der Waals surface area contributed by atoms with Crippen LogP contribution in [0.3, 0.4) is 0 Å². The fraction of sp³-hybridized carbons (Fsp3) is 0.385. The van der Waals surface area contributed by atoms with Crippen molar-refractivity contribution in [3.05, 3.63) is 22.2 Å². The Bertz CT molecular complexity index is 778. The summed E-state index contributed by atoms with van der Waals surface area (Å²) in [5.41, 5.74) is 0.480. The van der Waals surface area contributed by atoms with Crippen LogP contribution >= 0.6 is 23.2 Å². The monoisotopic (exact) mass is 368 g/mol. The van der Waals surface area contributed by atoms with Gasteiger partial charge in [-0.1, -0.05) is 23.2 Å². The van der Waals surface area contributed by atoms with E-state index in [4.69, 9.17) is 32.7 Å². The summed E-state index contributed by atoms with van der Waals surface area (Å²) in [5, 5.41) is 9.50. The smallest absolute Gasteiger partial charge is 0.394 e. The SMILES string of the molecule is O=C(O)[C@@H]1CN(c2nc3cc(Cl)cc(Cl)c3o2)C[C@H]1C(F)(F)F. The Morgan fingerprint density at radius 2 is 2.04 bits per heavy atom. The van der Waals surface area contributed by atoms with Gasteiger partial charge in [-0.3, -0.25) is 4.79 Å². The highest BCUT2D eigenvalue weighted by Crippen LogP contribution is 2.40. The highest BCUT2D eigenvalue weighted by Gasteiger charge is 2.53. The van der Waals surface area contributed by atoms with Crippen LogP contribution in [0.2, 0.25) is 10.0 Å². The molecule has 1 fully saturated rings. The summed E-state index contributed by atoms with van der Waals surface area (Å²) in [6, 6.07) is 2.77. The quantitative estimate of drug-likeness (QED) is 0.872. The predicted molar refractivity (Wildman–Crippen MR) is 76.9 cm³/mol. The average Bonchev–Trinajstić information content (AvgIpc) is 3.00. The Kier molecular flexibility index (Phi) is 3.84. The third kappa shape index (κ3) is 2.92. The number of hydrogen-bond acceptors (Lipinski definition) is 4. The zero-order valence-corrected chi connectivity index (χ0v) is 12.8. The molecule has 1 aromatic heterocycles. The number of carbonyl (C=O) groups is 1. The predicted octanol–water partition coefficient (Wildman–Crippen LogP) is 3.83. The lowest BCUT2D eigenvalue weighted by molar-refractivity contribution is -0.187. The van der Waals surface area contributed by atoms with Crippen LogP contribution in [0.4, 0.5) is 19.2 Å². The molecule has 1 aliphatic rings. The third-order valence-corrected chi connectivity index (χ3v) is 4.23. The molecule has 2 atom stereocenters. The number of anilines is 1. The molecule has 0 bridgehead atoms. The minimum Gasteiger partial charge on any atom is -0.481 e. The third-order valence-electron chi connectivity index (χ3n) is 3.73. The van der Waals surface area contributed by atoms with E-state index in [9.17, 15) is 18.0 Å². The first-order valence-corrected chi connectivity index (χ1v) is 7.22. The van der Waals surface area contributed by atoms with Crippen molar-refractivity contribution in [3.63, 3.8) is 0 Å². The fourth-order valence-corrected chi connectivity index (χ4v) is 3.15. The Morgan fingerprint density at radius 1 is 1.35 bits per heavy atom. The lowest BCUT2D eigenvalue weighted by Gasteiger charge is -2.17. The number of rotatable bonds is 2. The number of halogens is 5. The van der Waals surface area contributed by atoms with Gasteiger partial charge in [-0.05, 0) is 12.1 Å². The molecule has 1 aromatic carbocycles. The molecule has 0 spiro atoms. The standard InChI is InChI=1S/C13H9Cl2F3N2O3/c14-5-1-8(15)10-9(2-5)19-12(23-10)20-3-6(11(21)22)7(4-20)13(16,17)18/h1-2,6-7H,3-4H2,(H,21,22)/t6-,7-/m1/s1. The second kappa shape index (κ2) is 5.45. The number of carboxylic acid groups (broad SMARTS) is 1. The minimum absolute atomic E-state index is 0.109. The maximum absolute atomic E-state index is 13.0. The van der Waals surface area contributed by atoms with E-state index in [-0.39, 0.29) is 23.2 Å². The van der Waals surface area contributed by atoms with E-state index in [1.165, 1.54) is 12.1 Å². The van der Waals surface area contributed by atoms with E-state index in [1.54, 1.807) is 0 Å². The first kappa shape index (κ1) is 16.2. The number of fused-ring (bicyclic) bond motifs is 1. The molecule has 124 valence electrons. The zero-order valence-electron chi connectivity index (χ0n) is 11.3. The minimum atomic E-state index is -4.62. The van der Waals surface area contributed by atoms with Crippen molar-refractivity contribution in [1.29, 1.82) is 0 Å². The van der Waals surface area contributed by atoms with Gasteiger partial charge in [0, 0.05) is 18.1 Å². The van der Waals surface area contributed by atoms with Crippen molar-refractivity contribution in [2.45, 2.75) is 6.18 Å². The van der Waals surface area contributed by atoms with Crippen molar-refractivity contribution < 1.29 is 27.5 Å². The lowest BCUT2D eigenvalue weighted by atomic mass is 9.96. The van der Waals surface area contributed by atoms with Crippen LogP contribution in [0.15, 0.2) is 16.5 Å². The van der Waals surface area contributed by atoms with Gasteiger partial charge in [-0.15, -0.1) is 0 Å². The molecule has 5 nitrogen and oxygen atoms in total. The second-order valence-corrected chi connectivity index (χ2v) is 6.07. The second-order valence-electron chi connectivity index (χ2n) is 5.23. The van der Waals surface area contributed by atoms with E-state index in [1.807, 2.05) is 0 Å². The molecule has 1 saturated heterocycles. The van der Waals surface area contributed by atoms with Crippen molar-refractivity contribution in [2.75, 3.05) is 18.0 Å². The van der Waals surface area contributed by atoms with E-state index >= 15 is 0 Å². The average molecular weight is 369 g/mol. The molecule has 1 aliphatic heterocycles. The summed E-state index contributed by atoms with van der Waals surface area (Å²) in [6.07, 6.45) is -4.62. The molecule has 0 amide bonds. The number of aromatic nitrogens is 1. The Morgan fingerprint density at radius 3 is 2.61 bits per heavy atom. The normalized spacial score (nSPS) is 22.0. The Labute approximate surface area is 137 Å². The van der Waals surface area contributed by atoms with Gasteiger partial charge < -0.3 is 14.4 Å². The molecule has 2 heterocycles. The van der Waals surface area contributed by atoms with Crippen LogP contribution < -0.4 is 4.90 Å². The van der Waals surface area contributed by atoms with E-state index in [0.717, 1.165) is 4.90 Å². The van der Waals surface area contributed by atoms with Crippen LogP contribution in [-0.4, -0.2) is 35.3 Å². The van der Waals surface area contributed by atoms with Gasteiger partial charge in [0.1, 0.15) is 5.52 Å². The van der Waals surface area contributed by atoms with Gasteiger partial charge in [-0.25, -0.2) is 0 Å². The molecular weight excluding hydrogens is 360 g/mol. The number of oxazole rings is 1. The molecule has 10 heteroatoms. The van der Waals surface area contributed by atoms with Crippen LogP contribution in [0.25, 0.3) is 11.1 Å². The molecule has 1 N–H and O–H groups in total. The summed E-state index contributed by atoms with van der Waals surface area (Å²) >= 11 is 11.8. The van der Waals surface area contributed by atoms with Crippen molar-refractivity contribution in [3.8, 4) is 0 Å². The number of carboxylic acids is 1. The zero-order chi connectivity index (χ0) is 16.9. The molecule has 0 saturated carbocycles. The maximum Gasteiger partial charge on any atom is 0.394 e. The summed E-state index contributed by atoms with van der Waals surface area (Å²) in [6.45, 7) is -0.893. The number of nitrogens with zero attached hydrogens (tertiary/aromatic N) is 2. The fourth-order valence-electron chi connectivity index (χ4n) is 2.63. The maximum atomic E-state index is 13.0. The van der Waals surface area contributed by atoms with Gasteiger partial charge in [0.05, 0.1) is 16.9 Å². The van der Waals surface area contributed by atoms with E-state index < -0.39 is 30.5 Å². The summed E-state index contributed by atoms with van der Waals surface area (Å²) in [5.74, 6) is -5.08. The highest BCUT2D eigenvalue weighted by molar-refractivity contribution is 6.38. The number of aliphatic carboxylic acids is 1. The molecule has 0 radical (unpaired) electrons. The topological polar surface area (TPSA) is 66.6 Å². The van der Waals surface area contributed by atoms with E-state index in [0.29, 0.717) is 10.5 Å². The lowest BCUT2D eigenvalue weighted by Crippen LogP contribution is -2.33. The number of hydrogen-bond donors (Lipinski definition) is 1. The van der Waals surface area contributed by atoms with Gasteiger partial charge in [0.2, 0.25) is 0 Å². The van der Waals surface area contributed by atoms with Crippen LogP contribution in [0, 0.1) is 11.8 Å². The molecule has 0 unspecified atom stereocenters. The Hall–Kier alpha value is -1.67. The van der Waals surface area contributed by atoms with Gasteiger partial charge in [-0.2, -0.15) is 18.2 Å². The summed E-state index contributed by atoms with van der Waals surface area (Å²) in [4.78, 5) is 16.3. The van der Waals surface area contributed by atoms with Gasteiger partial charge >= 0.3 is 12.1 Å². The molecule has 0 aliphatic carbocycles. The molecule has 23 heavy (non-hydrogen) atoms. The van der Waals surface area contributed by atoms with Crippen LogP contribution in [0.5, 0.6) is 0 Å². The summed E-state index contributed by atoms with van der Waals surface area (Å²) in [7, 11) is 0. The summed E-state index contributed by atoms with van der Waals surface area (Å²) < 4.78 is 44.4. The van der Waals surface area contributed by atoms with Gasteiger partial charge in [0.25, 0.3) is 6.01 Å². The van der Waals surface area contributed by atoms with Crippen molar-refractivity contribution in [2.24, 2.45) is 11.8 Å². The largest absolute Gasteiger partial charge is 0.481 e. The molecule has 2 aromatic rings. The first-order chi connectivity index (χ1) is 10.7. The Balaban J connectivity index is 1.96. The first-order valence-electron chi connectivity index (χ1n) is 6.47. The van der Waals surface area contributed by atoms with E-state index in [2.05, 4.69) is 4.98 Å². The van der Waals surface area contributed by atoms with Crippen molar-refractivity contribution in [1.82, 2.24) is 4.98 Å². The van der Waals surface area contributed by atoms with Crippen molar-refractivity contribution >= 4 is 46.3 Å². The molecular formula is C13H9Cl2F3N2O3.